The van der Waals surface area contributed by atoms with Crippen LogP contribution in [0, 0.1) is 0 Å². The largest absolute Gasteiger partial charge is 0.478 e. The molecule has 0 radical (unpaired) electrons. The number of carboxylic acids is 1. The van der Waals surface area contributed by atoms with Gasteiger partial charge in [-0.15, -0.1) is 0 Å². The highest BCUT2D eigenvalue weighted by Crippen LogP contribution is 2.30. The highest BCUT2D eigenvalue weighted by atomic mass is 35.5. The fraction of sp³-hybridized carbons (Fsp3) is 0. The zero-order valence-corrected chi connectivity index (χ0v) is 9.05. The van der Waals surface area contributed by atoms with Gasteiger partial charge in [-0.25, -0.2) is 9.17 Å². The van der Waals surface area contributed by atoms with E-state index in [1.165, 1.54) is 23.7 Å². The van der Waals surface area contributed by atoms with Crippen LogP contribution < -0.4 is 0 Å². The van der Waals surface area contributed by atoms with Crippen LogP contribution in [0.3, 0.4) is 0 Å². The molecular formula is C10H6ClNO2S. The van der Waals surface area contributed by atoms with Crippen LogP contribution in [0.1, 0.15) is 10.4 Å². The molecule has 0 bridgehead atoms. The summed E-state index contributed by atoms with van der Waals surface area (Å²) < 4.78 is 3.96. The first-order chi connectivity index (χ1) is 7.18. The van der Waals surface area contributed by atoms with E-state index in [0.29, 0.717) is 5.02 Å². The first-order valence-corrected chi connectivity index (χ1v) is 5.27. The maximum atomic E-state index is 10.7. The number of hydrogen-bond donors (Lipinski definition) is 1. The van der Waals surface area contributed by atoms with E-state index in [1.807, 2.05) is 6.07 Å². The van der Waals surface area contributed by atoms with Crippen LogP contribution in [0.5, 0.6) is 0 Å². The average molecular weight is 240 g/mol. The van der Waals surface area contributed by atoms with Gasteiger partial charge in [-0.2, -0.15) is 0 Å². The van der Waals surface area contributed by atoms with Crippen LogP contribution >= 0.6 is 23.1 Å². The molecule has 0 amide bonds. The summed E-state index contributed by atoms with van der Waals surface area (Å²) in [5.41, 5.74) is 0.998. The second kappa shape index (κ2) is 4.00. The van der Waals surface area contributed by atoms with Gasteiger partial charge >= 0.3 is 5.97 Å². The van der Waals surface area contributed by atoms with Crippen LogP contribution in [-0.4, -0.2) is 15.4 Å². The van der Waals surface area contributed by atoms with Gasteiger partial charge < -0.3 is 5.11 Å². The maximum Gasteiger partial charge on any atom is 0.335 e. The Hall–Kier alpha value is -1.39. The third kappa shape index (κ3) is 2.00. The second-order valence-electron chi connectivity index (χ2n) is 2.88. The summed E-state index contributed by atoms with van der Waals surface area (Å²) in [5, 5.41) is 9.19. The standard InChI is InChI=1S/C10H6ClNO2S/c11-8-5-6(10(13)14)1-2-7(8)9-3-4-12-15-9/h1-5H,(H,13,14). The summed E-state index contributed by atoms with van der Waals surface area (Å²) in [4.78, 5) is 11.6. The monoisotopic (exact) mass is 239 g/mol. The lowest BCUT2D eigenvalue weighted by atomic mass is 10.1. The molecule has 1 aromatic carbocycles. The van der Waals surface area contributed by atoms with Gasteiger partial charge in [0.1, 0.15) is 0 Å². The van der Waals surface area contributed by atoms with Crippen molar-refractivity contribution in [2.24, 2.45) is 0 Å². The number of carboxylic acid groups (broad SMARTS) is 1. The number of aromatic carboxylic acids is 1. The predicted molar refractivity (Wildman–Crippen MR) is 59.5 cm³/mol. The van der Waals surface area contributed by atoms with Gasteiger partial charge in [-0.05, 0) is 29.7 Å². The SMILES string of the molecule is O=C(O)c1ccc(-c2ccns2)c(Cl)c1. The molecule has 0 saturated heterocycles. The third-order valence-electron chi connectivity index (χ3n) is 1.92. The first-order valence-electron chi connectivity index (χ1n) is 4.12. The van der Waals surface area contributed by atoms with Gasteiger partial charge in [-0.3, -0.25) is 0 Å². The molecule has 0 atom stereocenters. The van der Waals surface area contributed by atoms with Crippen molar-refractivity contribution in [3.05, 3.63) is 41.0 Å². The minimum absolute atomic E-state index is 0.188. The van der Waals surface area contributed by atoms with Crippen molar-refractivity contribution < 1.29 is 9.90 Å². The zero-order chi connectivity index (χ0) is 10.8. The van der Waals surface area contributed by atoms with Crippen LogP contribution in [0.15, 0.2) is 30.5 Å². The van der Waals surface area contributed by atoms with E-state index < -0.39 is 5.97 Å². The van der Waals surface area contributed by atoms with Gasteiger partial charge in [0, 0.05) is 11.8 Å². The van der Waals surface area contributed by atoms with E-state index in [-0.39, 0.29) is 5.56 Å². The number of aromatic nitrogens is 1. The van der Waals surface area contributed by atoms with Crippen molar-refractivity contribution in [2.75, 3.05) is 0 Å². The van der Waals surface area contributed by atoms with Crippen LogP contribution in [0.25, 0.3) is 10.4 Å². The Labute approximate surface area is 95.1 Å². The van der Waals surface area contributed by atoms with Gasteiger partial charge in [0.15, 0.2) is 0 Å². The van der Waals surface area contributed by atoms with Crippen molar-refractivity contribution in [1.82, 2.24) is 4.37 Å². The van der Waals surface area contributed by atoms with Gasteiger partial charge in [0.25, 0.3) is 0 Å². The molecule has 0 aliphatic heterocycles. The number of benzene rings is 1. The maximum absolute atomic E-state index is 10.7. The van der Waals surface area contributed by atoms with Crippen LogP contribution in [0.2, 0.25) is 5.02 Å². The molecule has 0 saturated carbocycles. The lowest BCUT2D eigenvalue weighted by Gasteiger charge is -2.01. The number of hydrogen-bond acceptors (Lipinski definition) is 3. The Kier molecular flexibility index (Phi) is 2.70. The Balaban J connectivity index is 2.48. The molecule has 3 nitrogen and oxygen atoms in total. The molecule has 15 heavy (non-hydrogen) atoms. The highest BCUT2D eigenvalue weighted by molar-refractivity contribution is 7.09. The smallest absolute Gasteiger partial charge is 0.335 e. The van der Waals surface area contributed by atoms with Gasteiger partial charge in [0.05, 0.1) is 15.5 Å². The van der Waals surface area contributed by atoms with E-state index in [2.05, 4.69) is 4.37 Å². The molecule has 5 heteroatoms. The molecule has 1 heterocycles. The highest BCUT2D eigenvalue weighted by Gasteiger charge is 2.09. The van der Waals surface area contributed by atoms with Crippen molar-refractivity contribution in [1.29, 1.82) is 0 Å². The summed E-state index contributed by atoms with van der Waals surface area (Å²) in [7, 11) is 0. The Morgan fingerprint density at radius 3 is 2.73 bits per heavy atom. The fourth-order valence-electron chi connectivity index (χ4n) is 1.20. The topological polar surface area (TPSA) is 50.2 Å². The molecule has 0 fully saturated rings. The predicted octanol–water partition coefficient (Wildman–Crippen LogP) is 3.16. The normalized spacial score (nSPS) is 10.2. The Morgan fingerprint density at radius 1 is 1.40 bits per heavy atom. The second-order valence-corrected chi connectivity index (χ2v) is 4.12. The van der Waals surface area contributed by atoms with E-state index in [1.54, 1.807) is 12.3 Å². The number of rotatable bonds is 2. The van der Waals surface area contributed by atoms with Crippen molar-refractivity contribution in [2.45, 2.75) is 0 Å². The number of carbonyl (C=O) groups is 1. The summed E-state index contributed by atoms with van der Waals surface area (Å²) in [6.45, 7) is 0. The van der Waals surface area contributed by atoms with E-state index in [0.717, 1.165) is 10.4 Å². The molecule has 0 aliphatic carbocycles. The lowest BCUT2D eigenvalue weighted by Crippen LogP contribution is -1.95. The molecule has 0 aliphatic rings. The Morgan fingerprint density at radius 2 is 2.20 bits per heavy atom. The molecule has 2 rings (SSSR count). The summed E-state index contributed by atoms with van der Waals surface area (Å²) in [6.07, 6.45) is 1.68. The van der Waals surface area contributed by atoms with Gasteiger partial charge in [-0.1, -0.05) is 17.7 Å². The van der Waals surface area contributed by atoms with Crippen molar-refractivity contribution in [3.63, 3.8) is 0 Å². The first kappa shape index (κ1) is 10.1. The zero-order valence-electron chi connectivity index (χ0n) is 7.48. The quantitative estimate of drug-likeness (QED) is 0.876. The summed E-state index contributed by atoms with van der Waals surface area (Å²) in [5.74, 6) is -0.979. The van der Waals surface area contributed by atoms with Crippen LogP contribution in [0.4, 0.5) is 0 Å². The average Bonchev–Trinajstić information content (AvgIpc) is 2.70. The summed E-state index contributed by atoms with van der Waals surface area (Å²) >= 11 is 7.30. The number of halogens is 1. The van der Waals surface area contributed by atoms with E-state index in [9.17, 15) is 4.79 Å². The molecule has 1 N–H and O–H groups in total. The molecule has 76 valence electrons. The lowest BCUT2D eigenvalue weighted by molar-refractivity contribution is 0.0697. The molecular weight excluding hydrogens is 234 g/mol. The van der Waals surface area contributed by atoms with Gasteiger partial charge in [0.2, 0.25) is 0 Å². The minimum atomic E-state index is -0.979. The van der Waals surface area contributed by atoms with Crippen molar-refractivity contribution >= 4 is 29.1 Å². The molecule has 0 unspecified atom stereocenters. The minimum Gasteiger partial charge on any atom is -0.478 e. The Bertz CT molecular complexity index is 496. The molecule has 2 aromatic rings. The van der Waals surface area contributed by atoms with Crippen LogP contribution in [-0.2, 0) is 0 Å². The molecule has 1 aromatic heterocycles. The third-order valence-corrected chi connectivity index (χ3v) is 3.01. The number of nitrogens with zero attached hydrogens (tertiary/aromatic N) is 1. The fourth-order valence-corrected chi connectivity index (χ4v) is 2.17. The summed E-state index contributed by atoms with van der Waals surface area (Å²) in [6, 6.07) is 6.51. The van der Waals surface area contributed by atoms with E-state index in [4.69, 9.17) is 16.7 Å². The van der Waals surface area contributed by atoms with E-state index >= 15 is 0 Å². The van der Waals surface area contributed by atoms with Crippen molar-refractivity contribution in [3.8, 4) is 10.4 Å². The molecule has 0 spiro atoms.